The first-order valence-electron chi connectivity index (χ1n) is 14.6. The van der Waals surface area contributed by atoms with Crippen LogP contribution in [0.5, 0.6) is 6.01 Å². The second-order valence-electron chi connectivity index (χ2n) is 12.0. The molecule has 2 saturated heterocycles. The highest BCUT2D eigenvalue weighted by Crippen LogP contribution is 2.58. The van der Waals surface area contributed by atoms with Gasteiger partial charge >= 0.3 is 6.01 Å². The molecule has 3 aromatic heterocycles. The Kier molecular flexibility index (Phi) is 8.14. The lowest BCUT2D eigenvalue weighted by Crippen LogP contribution is -2.57. The van der Waals surface area contributed by atoms with E-state index in [0.717, 1.165) is 28.2 Å². The maximum absolute atomic E-state index is 13.3. The molecule has 45 heavy (non-hydrogen) atoms. The number of ether oxygens (including phenoxy) is 1. The molecule has 236 valence electrons. The number of halogens is 2. The third-order valence-electron chi connectivity index (χ3n) is 9.22. The van der Waals surface area contributed by atoms with Crippen molar-refractivity contribution in [2.45, 2.75) is 55.2 Å². The number of nitrogens with zero attached hydrogens (tertiary/aromatic N) is 8. The second-order valence-corrected chi connectivity index (χ2v) is 14.5. The van der Waals surface area contributed by atoms with Crippen LogP contribution in [-0.2, 0) is 10.5 Å². The van der Waals surface area contributed by atoms with Gasteiger partial charge in [-0.2, -0.15) is 20.5 Å². The summed E-state index contributed by atoms with van der Waals surface area (Å²) < 4.78 is 32.5. The fourth-order valence-corrected chi connectivity index (χ4v) is 9.43. The van der Waals surface area contributed by atoms with Gasteiger partial charge in [0.05, 0.1) is 28.4 Å². The van der Waals surface area contributed by atoms with Gasteiger partial charge < -0.3 is 26.0 Å². The first kappa shape index (κ1) is 31.1. The first-order valence-corrected chi connectivity index (χ1v) is 16.4. The van der Waals surface area contributed by atoms with Crippen molar-refractivity contribution in [2.24, 2.45) is 0 Å². The summed E-state index contributed by atoms with van der Waals surface area (Å²) in [5.74, 6) is 1.91. The van der Waals surface area contributed by atoms with Gasteiger partial charge in [0.2, 0.25) is 0 Å². The molecule has 11 nitrogen and oxygen atoms in total. The van der Waals surface area contributed by atoms with Gasteiger partial charge in [0.15, 0.2) is 11.6 Å². The Morgan fingerprint density at radius 3 is 2.64 bits per heavy atom. The molecule has 4 N–H and O–H groups in total. The molecule has 3 aliphatic rings. The molecule has 15 heteroatoms. The summed E-state index contributed by atoms with van der Waals surface area (Å²) in [6.45, 7) is 5.25. The van der Waals surface area contributed by atoms with Crippen LogP contribution < -0.4 is 26.0 Å². The zero-order chi connectivity index (χ0) is 32.1. The van der Waals surface area contributed by atoms with Crippen molar-refractivity contribution in [1.82, 2.24) is 19.9 Å². The minimum atomic E-state index is -2.45. The number of alkyl halides is 2. The molecule has 3 aliphatic heterocycles. The number of thioether (sulfide) groups is 1. The molecule has 0 aliphatic carbocycles. The Labute approximate surface area is 268 Å². The van der Waals surface area contributed by atoms with Gasteiger partial charge in [0.1, 0.15) is 35.1 Å². The number of thiophene rings is 1. The monoisotopic (exact) mass is 652 g/mol. The van der Waals surface area contributed by atoms with E-state index < -0.39 is 12.0 Å². The highest BCUT2D eigenvalue weighted by atomic mass is 32.2. The number of hydrogen-bond donors (Lipinski definition) is 2. The Hall–Kier alpha value is -3.92. The van der Waals surface area contributed by atoms with E-state index >= 15 is 0 Å². The highest BCUT2D eigenvalue weighted by Gasteiger charge is 2.53. The van der Waals surface area contributed by atoms with Crippen LogP contribution in [0.4, 0.5) is 31.2 Å². The number of likely N-dealkylation sites (tertiary alicyclic amines) is 1. The quantitative estimate of drug-likeness (QED) is 0.334. The lowest BCUT2D eigenvalue weighted by molar-refractivity contribution is 0.0274. The lowest BCUT2D eigenvalue weighted by atomic mass is 9.88. The van der Waals surface area contributed by atoms with Crippen LogP contribution in [0.15, 0.2) is 18.3 Å². The standard InChI is InChI=1S/C30H34F2N10OS2/c1-17(18-6-4-8-37-24(18)35)40(3)26-20(11-34)27(39-28(38-26)43-16-29(2)7-5-9-42(29)12-22(31)32)41-14-30(15-41)23-19(10-33)25(36)45-21(23)13-44-30/h4,6,8,17,22H,5,7,9,12-16,36H2,1-3H3,(H2,35,37)/t17?,29-/m0/s1. The van der Waals surface area contributed by atoms with Crippen LogP contribution >= 0.6 is 23.1 Å². The van der Waals surface area contributed by atoms with E-state index in [1.54, 1.807) is 28.9 Å². The smallest absolute Gasteiger partial charge is 0.320 e. The fraction of sp³-hybridized carbons (Fsp3) is 0.500. The van der Waals surface area contributed by atoms with Crippen molar-refractivity contribution < 1.29 is 13.5 Å². The summed E-state index contributed by atoms with van der Waals surface area (Å²) >= 11 is 3.24. The third kappa shape index (κ3) is 5.37. The number of rotatable bonds is 9. The molecule has 0 radical (unpaired) electrons. The van der Waals surface area contributed by atoms with Crippen LogP contribution in [0.1, 0.15) is 59.9 Å². The summed E-state index contributed by atoms with van der Waals surface area (Å²) in [4.78, 5) is 20.4. The van der Waals surface area contributed by atoms with Gasteiger partial charge in [-0.3, -0.25) is 4.90 Å². The van der Waals surface area contributed by atoms with Crippen molar-refractivity contribution in [2.75, 3.05) is 61.1 Å². The van der Waals surface area contributed by atoms with Crippen LogP contribution in [0.3, 0.4) is 0 Å². The Morgan fingerprint density at radius 2 is 1.96 bits per heavy atom. The average Bonchev–Trinajstić information content (AvgIpc) is 3.65. The molecule has 0 aromatic carbocycles. The maximum Gasteiger partial charge on any atom is 0.320 e. The molecule has 0 bridgehead atoms. The first-order chi connectivity index (χ1) is 21.5. The number of aromatic nitrogens is 3. The van der Waals surface area contributed by atoms with Gasteiger partial charge in [0, 0.05) is 48.1 Å². The summed E-state index contributed by atoms with van der Waals surface area (Å²) in [7, 11) is 1.82. The van der Waals surface area contributed by atoms with Crippen molar-refractivity contribution in [3.63, 3.8) is 0 Å². The number of nitriles is 2. The molecule has 2 atom stereocenters. The van der Waals surface area contributed by atoms with Crippen LogP contribution in [0, 0.1) is 22.7 Å². The minimum absolute atomic E-state index is 0.0561. The largest absolute Gasteiger partial charge is 0.461 e. The molecule has 3 aromatic rings. The molecule has 1 spiro atoms. The van der Waals surface area contributed by atoms with Gasteiger partial charge in [-0.25, -0.2) is 13.8 Å². The van der Waals surface area contributed by atoms with Gasteiger partial charge in [-0.1, -0.05) is 6.07 Å². The predicted octanol–water partition coefficient (Wildman–Crippen LogP) is 4.50. The molecule has 0 amide bonds. The van der Waals surface area contributed by atoms with E-state index in [4.69, 9.17) is 26.2 Å². The van der Waals surface area contributed by atoms with Crippen LogP contribution in [0.25, 0.3) is 0 Å². The Morgan fingerprint density at radius 1 is 1.20 bits per heavy atom. The highest BCUT2D eigenvalue weighted by molar-refractivity contribution is 8.00. The molecular weight excluding hydrogens is 619 g/mol. The van der Waals surface area contributed by atoms with E-state index in [-0.39, 0.29) is 35.5 Å². The van der Waals surface area contributed by atoms with Crippen LogP contribution in [0.2, 0.25) is 0 Å². The van der Waals surface area contributed by atoms with E-state index in [1.165, 1.54) is 11.3 Å². The molecule has 6 rings (SSSR count). The van der Waals surface area contributed by atoms with Crippen molar-refractivity contribution in [1.29, 1.82) is 10.5 Å². The molecule has 0 saturated carbocycles. The number of fused-ring (bicyclic) bond motifs is 2. The lowest BCUT2D eigenvalue weighted by Gasteiger charge is -2.48. The topological polar surface area (TPSA) is 157 Å². The maximum atomic E-state index is 13.3. The fourth-order valence-electron chi connectivity index (χ4n) is 6.62. The third-order valence-corrected chi connectivity index (χ3v) is 11.9. The molecule has 1 unspecified atom stereocenters. The van der Waals surface area contributed by atoms with Crippen LogP contribution in [-0.4, -0.2) is 71.6 Å². The molecule has 6 heterocycles. The Bertz CT molecular complexity index is 1700. The Balaban J connectivity index is 1.35. The normalized spacial score (nSPS) is 20.9. The zero-order valence-electron chi connectivity index (χ0n) is 25.3. The van der Waals surface area contributed by atoms with E-state index in [1.807, 2.05) is 36.8 Å². The summed E-state index contributed by atoms with van der Waals surface area (Å²) in [6, 6.07) is 8.03. The van der Waals surface area contributed by atoms with Crippen molar-refractivity contribution in [3.05, 3.63) is 45.5 Å². The number of nitrogens with two attached hydrogens (primary N) is 2. The van der Waals surface area contributed by atoms with E-state index in [9.17, 15) is 19.3 Å². The van der Waals surface area contributed by atoms with E-state index in [2.05, 4.69) is 17.1 Å². The van der Waals surface area contributed by atoms with Crippen molar-refractivity contribution >= 4 is 45.6 Å². The molecular formula is C30H34F2N10OS2. The number of hydrogen-bond acceptors (Lipinski definition) is 13. The van der Waals surface area contributed by atoms with Gasteiger partial charge in [-0.15, -0.1) is 23.1 Å². The van der Waals surface area contributed by atoms with Gasteiger partial charge in [0.25, 0.3) is 6.43 Å². The minimum Gasteiger partial charge on any atom is -0.461 e. The number of nitrogen functional groups attached to an aromatic ring is 2. The van der Waals surface area contributed by atoms with Gasteiger partial charge in [-0.05, 0) is 39.3 Å². The summed E-state index contributed by atoms with van der Waals surface area (Å²) in [6.07, 6.45) is 0.658. The van der Waals surface area contributed by atoms with Crippen molar-refractivity contribution in [3.8, 4) is 18.1 Å². The second kappa shape index (κ2) is 11.8. The average molecular weight is 653 g/mol. The zero-order valence-corrected chi connectivity index (χ0v) is 26.9. The predicted molar refractivity (Wildman–Crippen MR) is 172 cm³/mol. The SMILES string of the molecule is CC(c1cccnc1N)N(C)c1nc(OC[C@]2(C)CCCN2CC(F)F)nc(N2CC3(C2)SCc2sc(N)c(C#N)c23)c1C#N. The number of anilines is 4. The summed E-state index contributed by atoms with van der Waals surface area (Å²) in [5.41, 5.74) is 14.3. The summed E-state index contributed by atoms with van der Waals surface area (Å²) in [5, 5.41) is 20.8. The molecule has 2 fully saturated rings. The van der Waals surface area contributed by atoms with E-state index in [0.29, 0.717) is 54.1 Å². The number of pyridine rings is 1.